The molecule has 0 atom stereocenters. The van der Waals surface area contributed by atoms with Crippen LogP contribution in [0.15, 0.2) is 36.4 Å². The van der Waals surface area contributed by atoms with Gasteiger partial charge in [0.15, 0.2) is 5.69 Å². The molecule has 1 aromatic heterocycles. The average Bonchev–Trinajstić information content (AvgIpc) is 3.10. The number of fused-ring (bicyclic) bond motifs is 1. The molecule has 174 valence electrons. The Morgan fingerprint density at radius 2 is 1.76 bits per heavy atom. The number of anilines is 2. The van der Waals surface area contributed by atoms with Gasteiger partial charge in [0.05, 0.1) is 27.4 Å². The third-order valence-electron chi connectivity index (χ3n) is 4.20. The molecule has 0 saturated carbocycles. The van der Waals surface area contributed by atoms with Crippen molar-refractivity contribution in [3.8, 4) is 0 Å². The Bertz CT molecular complexity index is 1250. The zero-order valence-electron chi connectivity index (χ0n) is 17.5. The lowest BCUT2D eigenvalue weighted by atomic mass is 10.1. The molecule has 0 aliphatic heterocycles. The lowest BCUT2D eigenvalue weighted by Crippen LogP contribution is -2.27. The summed E-state index contributed by atoms with van der Waals surface area (Å²) in [6, 6.07) is 6.00. The molecule has 3 N–H and O–H groups in total. The van der Waals surface area contributed by atoms with Gasteiger partial charge in [0.2, 0.25) is 0 Å². The molecule has 1 heterocycles. The number of rotatable bonds is 4. The van der Waals surface area contributed by atoms with Crippen LogP contribution in [0.4, 0.5) is 35.0 Å². The molecule has 10 nitrogen and oxygen atoms in total. The summed E-state index contributed by atoms with van der Waals surface area (Å²) >= 11 is 0. The van der Waals surface area contributed by atoms with Crippen molar-refractivity contribution < 1.29 is 32.4 Å². The number of nitrogens with one attached hydrogen (secondary N) is 3. The van der Waals surface area contributed by atoms with Crippen molar-refractivity contribution in [3.05, 3.63) is 57.8 Å². The quantitative estimate of drug-likeness (QED) is 0.362. The van der Waals surface area contributed by atoms with E-state index in [1.807, 2.05) is 0 Å². The van der Waals surface area contributed by atoms with Crippen LogP contribution < -0.4 is 10.6 Å². The fourth-order valence-electron chi connectivity index (χ4n) is 2.82. The predicted octanol–water partition coefficient (Wildman–Crippen LogP) is 5.09. The Morgan fingerprint density at radius 3 is 2.36 bits per heavy atom. The van der Waals surface area contributed by atoms with E-state index in [0.29, 0.717) is 11.6 Å². The summed E-state index contributed by atoms with van der Waals surface area (Å²) in [6.45, 7) is 4.80. The van der Waals surface area contributed by atoms with Gasteiger partial charge in [0.25, 0.3) is 11.6 Å². The van der Waals surface area contributed by atoms with Crippen molar-refractivity contribution in [1.82, 2.24) is 10.2 Å². The van der Waals surface area contributed by atoms with Gasteiger partial charge in [-0.1, -0.05) is 0 Å². The second-order valence-electron chi connectivity index (χ2n) is 7.90. The highest BCUT2D eigenvalue weighted by Crippen LogP contribution is 2.34. The van der Waals surface area contributed by atoms with Crippen LogP contribution in [0.3, 0.4) is 0 Å². The molecule has 3 aromatic rings. The molecule has 33 heavy (non-hydrogen) atoms. The summed E-state index contributed by atoms with van der Waals surface area (Å²) in [7, 11) is 0. The van der Waals surface area contributed by atoms with Crippen LogP contribution in [0.1, 0.15) is 36.8 Å². The van der Waals surface area contributed by atoms with E-state index in [1.165, 1.54) is 12.1 Å². The highest BCUT2D eigenvalue weighted by molar-refractivity contribution is 6.12. The first kappa shape index (κ1) is 23.5. The standard InChI is InChI=1S/C20H18F3N5O5/c1-19(2,3)33-18(30)25-14-6-4-10(20(21,22)23)8-15(14)24-17(29)16-12-9-11(28(31)32)5-7-13(12)26-27-16/h4-9H,1-3H3,(H,24,29)(H,25,30)(H,26,27). The number of alkyl halides is 3. The second kappa shape index (κ2) is 8.41. The van der Waals surface area contributed by atoms with Crippen molar-refractivity contribution in [2.45, 2.75) is 32.5 Å². The van der Waals surface area contributed by atoms with E-state index in [4.69, 9.17) is 4.74 Å². The number of nitro benzene ring substituents is 1. The van der Waals surface area contributed by atoms with Gasteiger partial charge in [-0.05, 0) is 45.0 Å². The molecule has 0 spiro atoms. The Morgan fingerprint density at radius 1 is 1.06 bits per heavy atom. The van der Waals surface area contributed by atoms with E-state index in [0.717, 1.165) is 18.2 Å². The molecular weight excluding hydrogens is 447 g/mol. The first-order chi connectivity index (χ1) is 15.2. The number of nitrogens with zero attached hydrogens (tertiary/aromatic N) is 2. The van der Waals surface area contributed by atoms with E-state index in [9.17, 15) is 32.9 Å². The lowest BCUT2D eigenvalue weighted by molar-refractivity contribution is -0.384. The average molecular weight is 465 g/mol. The van der Waals surface area contributed by atoms with Gasteiger partial charge >= 0.3 is 12.3 Å². The number of ether oxygens (including phenoxy) is 1. The van der Waals surface area contributed by atoms with Gasteiger partial charge in [-0.25, -0.2) is 4.79 Å². The number of benzene rings is 2. The van der Waals surface area contributed by atoms with Gasteiger partial charge in [-0.15, -0.1) is 0 Å². The minimum Gasteiger partial charge on any atom is -0.444 e. The number of halogens is 3. The van der Waals surface area contributed by atoms with E-state index in [-0.39, 0.29) is 28.1 Å². The number of carbonyl (C=O) groups excluding carboxylic acids is 2. The first-order valence-electron chi connectivity index (χ1n) is 9.40. The Kier molecular flexibility index (Phi) is 5.99. The third-order valence-corrected chi connectivity index (χ3v) is 4.20. The number of amides is 2. The summed E-state index contributed by atoms with van der Waals surface area (Å²) in [4.78, 5) is 35.3. The van der Waals surface area contributed by atoms with Crippen LogP contribution in [-0.4, -0.2) is 32.7 Å². The van der Waals surface area contributed by atoms with Gasteiger partial charge in [0, 0.05) is 17.5 Å². The number of hydrogen-bond donors (Lipinski definition) is 3. The number of nitro groups is 1. The van der Waals surface area contributed by atoms with Gasteiger partial charge in [-0.2, -0.15) is 18.3 Å². The molecule has 2 amide bonds. The normalized spacial score (nSPS) is 11.8. The van der Waals surface area contributed by atoms with E-state index < -0.39 is 34.3 Å². The highest BCUT2D eigenvalue weighted by Gasteiger charge is 2.32. The van der Waals surface area contributed by atoms with Crippen molar-refractivity contribution >= 4 is 40.0 Å². The second-order valence-corrected chi connectivity index (χ2v) is 7.90. The fraction of sp³-hybridized carbons (Fsp3) is 0.250. The van der Waals surface area contributed by atoms with Crippen LogP contribution in [0, 0.1) is 10.1 Å². The fourth-order valence-corrected chi connectivity index (χ4v) is 2.82. The zero-order chi connectivity index (χ0) is 24.6. The molecule has 2 aromatic carbocycles. The first-order valence-corrected chi connectivity index (χ1v) is 9.40. The zero-order valence-corrected chi connectivity index (χ0v) is 17.5. The maximum Gasteiger partial charge on any atom is 0.416 e. The minimum atomic E-state index is -4.72. The van der Waals surface area contributed by atoms with Crippen LogP contribution in [0.25, 0.3) is 10.9 Å². The number of H-pyrrole nitrogens is 1. The Balaban J connectivity index is 1.97. The van der Waals surface area contributed by atoms with Crippen LogP contribution >= 0.6 is 0 Å². The van der Waals surface area contributed by atoms with Gasteiger partial charge in [0.1, 0.15) is 5.60 Å². The van der Waals surface area contributed by atoms with Crippen molar-refractivity contribution in [3.63, 3.8) is 0 Å². The molecule has 0 unspecified atom stereocenters. The van der Waals surface area contributed by atoms with Crippen molar-refractivity contribution in [2.75, 3.05) is 10.6 Å². The molecule has 3 rings (SSSR count). The number of aromatic nitrogens is 2. The number of non-ortho nitro benzene ring substituents is 1. The summed E-state index contributed by atoms with van der Waals surface area (Å²) in [6.07, 6.45) is -5.66. The van der Waals surface area contributed by atoms with Crippen molar-refractivity contribution in [2.24, 2.45) is 0 Å². The molecule has 0 saturated heterocycles. The molecule has 0 radical (unpaired) electrons. The Hall–Kier alpha value is -4.16. The summed E-state index contributed by atoms with van der Waals surface area (Å²) in [5.41, 5.74) is -2.75. The molecule has 0 fully saturated rings. The third kappa shape index (κ3) is 5.56. The predicted molar refractivity (Wildman–Crippen MR) is 112 cm³/mol. The molecular formula is C20H18F3N5O5. The molecule has 0 aliphatic carbocycles. The smallest absolute Gasteiger partial charge is 0.416 e. The molecule has 0 aliphatic rings. The summed E-state index contributed by atoms with van der Waals surface area (Å²) < 4.78 is 44.8. The largest absolute Gasteiger partial charge is 0.444 e. The summed E-state index contributed by atoms with van der Waals surface area (Å²) in [5.74, 6) is -0.951. The Labute approximate surface area is 184 Å². The van der Waals surface area contributed by atoms with Gasteiger partial charge < -0.3 is 10.1 Å². The SMILES string of the molecule is CC(C)(C)OC(=O)Nc1ccc(C(F)(F)F)cc1NC(=O)c1n[nH]c2ccc([N+](=O)[O-])cc12. The van der Waals surface area contributed by atoms with Crippen molar-refractivity contribution in [1.29, 1.82) is 0 Å². The number of aromatic amines is 1. The topological polar surface area (TPSA) is 139 Å². The molecule has 0 bridgehead atoms. The molecule has 13 heteroatoms. The summed E-state index contributed by atoms with van der Waals surface area (Å²) in [5, 5.41) is 22.0. The maximum absolute atomic E-state index is 13.2. The highest BCUT2D eigenvalue weighted by atomic mass is 19.4. The monoisotopic (exact) mass is 465 g/mol. The van der Waals surface area contributed by atoms with E-state index in [1.54, 1.807) is 20.8 Å². The lowest BCUT2D eigenvalue weighted by Gasteiger charge is -2.21. The number of carbonyl (C=O) groups is 2. The van der Waals surface area contributed by atoms with Crippen LogP contribution in [0.2, 0.25) is 0 Å². The maximum atomic E-state index is 13.2. The van der Waals surface area contributed by atoms with E-state index in [2.05, 4.69) is 20.8 Å². The van der Waals surface area contributed by atoms with Crippen LogP contribution in [0.5, 0.6) is 0 Å². The van der Waals surface area contributed by atoms with Gasteiger partial charge in [-0.3, -0.25) is 25.3 Å². The van der Waals surface area contributed by atoms with Crippen LogP contribution in [-0.2, 0) is 10.9 Å². The minimum absolute atomic E-state index is 0.0929. The van der Waals surface area contributed by atoms with E-state index >= 15 is 0 Å². The number of hydrogen-bond acceptors (Lipinski definition) is 6.